The summed E-state index contributed by atoms with van der Waals surface area (Å²) >= 11 is 6.20. The van der Waals surface area contributed by atoms with E-state index < -0.39 is 18.9 Å². The molecule has 28 heavy (non-hydrogen) atoms. The normalized spacial score (nSPS) is 15.2. The minimum atomic E-state index is -3.83. The Morgan fingerprint density at radius 3 is 2.43 bits per heavy atom. The van der Waals surface area contributed by atoms with Gasteiger partial charge in [-0.25, -0.2) is 9.65 Å². The molecule has 5 nitrogen and oxygen atoms in total. The molecule has 2 rings (SSSR count). The molecule has 0 radical (unpaired) electrons. The number of ether oxygens (including phenoxy) is 1. The van der Waals surface area contributed by atoms with Gasteiger partial charge in [0.15, 0.2) is 0 Å². The number of benzene rings is 2. The first-order valence-electron chi connectivity index (χ1n) is 9.38. The maximum absolute atomic E-state index is 12.9. The van der Waals surface area contributed by atoms with E-state index in [1.807, 2.05) is 65.0 Å². The summed E-state index contributed by atoms with van der Waals surface area (Å²) in [6.45, 7) is 6.29. The van der Waals surface area contributed by atoms with Crippen LogP contribution in [0.1, 0.15) is 41.0 Å². The molecule has 0 aliphatic heterocycles. The molecule has 1 N–H and O–H groups in total. The van der Waals surface area contributed by atoms with Gasteiger partial charge in [0, 0.05) is 16.6 Å². The minimum Gasteiger partial charge on any atom is -0.464 e. The highest BCUT2D eigenvalue weighted by Crippen LogP contribution is 2.50. The van der Waals surface area contributed by atoms with Gasteiger partial charge in [-0.2, -0.15) is 0 Å². The van der Waals surface area contributed by atoms with Gasteiger partial charge >= 0.3 is 12.8 Å². The predicted molar refractivity (Wildman–Crippen MR) is 115 cm³/mol. The molecule has 0 spiro atoms. The largest absolute Gasteiger partial charge is 0.464 e. The van der Waals surface area contributed by atoms with Crippen LogP contribution in [0.5, 0.6) is 5.75 Å². The van der Waals surface area contributed by atoms with Crippen LogP contribution in [-0.2, 0) is 14.1 Å². The number of fused-ring (bicyclic) bond motifs is 1. The van der Waals surface area contributed by atoms with Gasteiger partial charge in [0.25, 0.3) is 0 Å². The number of esters is 1. The lowest BCUT2D eigenvalue weighted by Gasteiger charge is -2.25. The second-order valence-electron chi connectivity index (χ2n) is 8.53. The quantitative estimate of drug-likeness (QED) is 0.405. The van der Waals surface area contributed by atoms with Crippen molar-refractivity contribution >= 4 is 34.9 Å². The molecule has 154 valence electrons. The molecule has 2 atom stereocenters. The summed E-state index contributed by atoms with van der Waals surface area (Å²) in [5.41, 5.74) is -0.165. The highest BCUT2D eigenvalue weighted by atomic mass is 35.7. The second-order valence-corrected chi connectivity index (χ2v) is 11.3. The molecule has 0 saturated carbocycles. The Bertz CT molecular complexity index is 858. The summed E-state index contributed by atoms with van der Waals surface area (Å²) < 4.78 is 24.0. The Balaban J connectivity index is 2.17. The van der Waals surface area contributed by atoms with Crippen molar-refractivity contribution in [3.63, 3.8) is 0 Å². The average Bonchev–Trinajstić information content (AvgIpc) is 2.58. The second kappa shape index (κ2) is 9.30. The lowest BCUT2D eigenvalue weighted by Crippen LogP contribution is -2.38. The fourth-order valence-corrected chi connectivity index (χ4v) is 4.30. The summed E-state index contributed by atoms with van der Waals surface area (Å²) in [5.74, 6) is 0.0928. The maximum Gasteiger partial charge on any atom is 0.409 e. The number of carbonyl (C=O) groups is 1. The first kappa shape index (κ1) is 22.7. The number of halogens is 1. The van der Waals surface area contributed by atoms with Crippen molar-refractivity contribution in [2.45, 2.75) is 47.1 Å². The van der Waals surface area contributed by atoms with Gasteiger partial charge in [0.05, 0.1) is 6.61 Å². The van der Waals surface area contributed by atoms with Crippen LogP contribution < -0.4 is 9.61 Å². The molecule has 0 saturated heterocycles. The lowest BCUT2D eigenvalue weighted by molar-refractivity contribution is -0.148. The molecule has 0 bridgehead atoms. The predicted octanol–water partition coefficient (Wildman–Crippen LogP) is 6.16. The van der Waals surface area contributed by atoms with E-state index in [0.717, 1.165) is 10.8 Å². The van der Waals surface area contributed by atoms with Crippen LogP contribution in [0.25, 0.3) is 10.8 Å². The Labute approximate surface area is 172 Å². The van der Waals surface area contributed by atoms with Gasteiger partial charge in [-0.1, -0.05) is 71.0 Å². The van der Waals surface area contributed by atoms with Gasteiger partial charge < -0.3 is 9.26 Å². The van der Waals surface area contributed by atoms with Crippen LogP contribution >= 0.6 is 18.1 Å². The lowest BCUT2D eigenvalue weighted by atomic mass is 9.98. The summed E-state index contributed by atoms with van der Waals surface area (Å²) in [6, 6.07) is 12.2. The average molecular weight is 426 g/mol. The van der Waals surface area contributed by atoms with Crippen molar-refractivity contribution in [2.24, 2.45) is 11.3 Å². The van der Waals surface area contributed by atoms with Crippen LogP contribution in [0.15, 0.2) is 42.5 Å². The number of rotatable bonds is 8. The first-order valence-corrected chi connectivity index (χ1v) is 11.9. The van der Waals surface area contributed by atoms with Crippen molar-refractivity contribution in [1.29, 1.82) is 0 Å². The van der Waals surface area contributed by atoms with E-state index in [1.165, 1.54) is 0 Å². The molecular formula is C21H29ClNO4P. The van der Waals surface area contributed by atoms with Gasteiger partial charge in [0.1, 0.15) is 11.8 Å². The number of hydrogen-bond acceptors (Lipinski definition) is 4. The molecule has 2 unspecified atom stereocenters. The minimum absolute atomic E-state index is 0.165. The molecule has 0 amide bonds. The molecule has 2 aromatic carbocycles. The van der Waals surface area contributed by atoms with E-state index in [0.29, 0.717) is 12.2 Å². The Morgan fingerprint density at radius 2 is 1.79 bits per heavy atom. The zero-order valence-corrected chi connectivity index (χ0v) is 18.7. The van der Waals surface area contributed by atoms with E-state index in [4.69, 9.17) is 20.5 Å². The highest BCUT2D eigenvalue weighted by Gasteiger charge is 2.32. The topological polar surface area (TPSA) is 64.6 Å². The number of nitrogens with one attached hydrogen (secondary N) is 1. The van der Waals surface area contributed by atoms with Gasteiger partial charge in [-0.15, -0.1) is 0 Å². The molecule has 0 aliphatic rings. The zero-order chi connectivity index (χ0) is 20.9. The fourth-order valence-electron chi connectivity index (χ4n) is 2.68. The van der Waals surface area contributed by atoms with Gasteiger partial charge in [-0.05, 0) is 29.2 Å². The number of carbonyl (C=O) groups excluding carboxylic acids is 1. The van der Waals surface area contributed by atoms with Crippen molar-refractivity contribution in [1.82, 2.24) is 5.09 Å². The highest BCUT2D eigenvalue weighted by molar-refractivity contribution is 7.84. The van der Waals surface area contributed by atoms with E-state index in [1.54, 1.807) is 12.1 Å². The zero-order valence-electron chi connectivity index (χ0n) is 17.1. The third kappa shape index (κ3) is 7.12. The van der Waals surface area contributed by atoms with Crippen molar-refractivity contribution in [3.8, 4) is 5.75 Å². The SMILES string of the molecule is CC(C)CC(NP(=O)(Cl)Oc1cccc2ccccc12)C(=O)OCC(C)(C)C. The van der Waals surface area contributed by atoms with Crippen LogP contribution in [-0.4, -0.2) is 18.6 Å². The smallest absolute Gasteiger partial charge is 0.409 e. The molecule has 7 heteroatoms. The maximum atomic E-state index is 12.9. The van der Waals surface area contributed by atoms with E-state index in [2.05, 4.69) is 5.09 Å². The van der Waals surface area contributed by atoms with E-state index in [-0.39, 0.29) is 17.9 Å². The van der Waals surface area contributed by atoms with Gasteiger partial charge in [-0.3, -0.25) is 4.79 Å². The Kier molecular flexibility index (Phi) is 7.55. The van der Waals surface area contributed by atoms with Crippen LogP contribution in [0.3, 0.4) is 0 Å². The molecule has 0 aliphatic carbocycles. The fraction of sp³-hybridized carbons (Fsp3) is 0.476. The summed E-state index contributed by atoms with van der Waals surface area (Å²) in [5, 5.41) is 4.44. The third-order valence-corrected chi connectivity index (χ3v) is 5.47. The third-order valence-electron chi connectivity index (χ3n) is 3.91. The molecule has 0 fully saturated rings. The molecular weight excluding hydrogens is 397 g/mol. The summed E-state index contributed by atoms with van der Waals surface area (Å²) in [4.78, 5) is 12.5. The Hall–Kier alpha value is -1.55. The van der Waals surface area contributed by atoms with Crippen molar-refractivity contribution in [2.75, 3.05) is 6.61 Å². The summed E-state index contributed by atoms with van der Waals surface area (Å²) in [7, 11) is 0. The monoisotopic (exact) mass is 425 g/mol. The van der Waals surface area contributed by atoms with Crippen LogP contribution in [0.4, 0.5) is 0 Å². The standard InChI is InChI=1S/C21H29ClNO4P/c1-15(2)13-18(20(24)26-14-21(3,4)5)23-28(22,25)27-19-12-8-10-16-9-6-7-11-17(16)19/h6-12,15,18H,13-14H2,1-5H3,(H,23,25). The van der Waals surface area contributed by atoms with Crippen molar-refractivity contribution in [3.05, 3.63) is 42.5 Å². The van der Waals surface area contributed by atoms with E-state index in [9.17, 15) is 9.36 Å². The Morgan fingerprint density at radius 1 is 1.14 bits per heavy atom. The molecule has 2 aromatic rings. The first-order chi connectivity index (χ1) is 13.0. The summed E-state index contributed by atoms with van der Waals surface area (Å²) in [6.07, 6.45) is 0.429. The number of hydrogen-bond donors (Lipinski definition) is 1. The van der Waals surface area contributed by atoms with E-state index >= 15 is 0 Å². The van der Waals surface area contributed by atoms with Crippen molar-refractivity contribution < 1.29 is 18.6 Å². The van der Waals surface area contributed by atoms with Gasteiger partial charge in [0.2, 0.25) is 0 Å². The molecule has 0 aromatic heterocycles. The van der Waals surface area contributed by atoms with Crippen LogP contribution in [0.2, 0.25) is 0 Å². The van der Waals surface area contributed by atoms with Crippen LogP contribution in [0, 0.1) is 11.3 Å². The molecule has 0 heterocycles.